The van der Waals surface area contributed by atoms with Crippen molar-refractivity contribution in [3.63, 3.8) is 0 Å². The first-order valence-corrected chi connectivity index (χ1v) is 11.8. The molecule has 0 spiro atoms. The quantitative estimate of drug-likeness (QED) is 0.367. The maximum atomic E-state index is 4.66. The van der Waals surface area contributed by atoms with E-state index < -0.39 is 0 Å². The van der Waals surface area contributed by atoms with Gasteiger partial charge in [0.05, 0.1) is 0 Å². The van der Waals surface area contributed by atoms with Crippen LogP contribution in [0.3, 0.4) is 0 Å². The molecule has 2 atom stereocenters. The summed E-state index contributed by atoms with van der Waals surface area (Å²) in [7, 11) is 0. The molecule has 0 radical (unpaired) electrons. The van der Waals surface area contributed by atoms with Crippen LogP contribution in [0.15, 0.2) is 30.3 Å². The Balaban J connectivity index is 2.08. The third-order valence-corrected chi connectivity index (χ3v) is 5.93. The molecule has 0 saturated carbocycles. The van der Waals surface area contributed by atoms with Crippen LogP contribution < -0.4 is 0 Å². The fraction of sp³-hybridized carbons (Fsp3) is 0.708. The van der Waals surface area contributed by atoms with Crippen molar-refractivity contribution in [2.24, 2.45) is 11.8 Å². The molecule has 0 aliphatic carbocycles. The lowest BCUT2D eigenvalue weighted by Crippen LogP contribution is -2.36. The van der Waals surface area contributed by atoms with Gasteiger partial charge in [-0.15, -0.1) is 15.0 Å². The van der Waals surface area contributed by atoms with Crippen molar-refractivity contribution in [1.29, 1.82) is 0 Å². The van der Waals surface area contributed by atoms with Crippen molar-refractivity contribution in [2.75, 3.05) is 13.1 Å². The van der Waals surface area contributed by atoms with Crippen LogP contribution in [-0.2, 0) is 6.67 Å². The molecule has 0 bridgehead atoms. The topological polar surface area (TPSA) is 46.8 Å². The lowest BCUT2D eigenvalue weighted by Gasteiger charge is -2.29. The van der Waals surface area contributed by atoms with Crippen LogP contribution >= 0.6 is 0 Å². The normalized spacial score (nSPS) is 13.7. The van der Waals surface area contributed by atoms with Crippen LogP contribution in [0.25, 0.3) is 11.4 Å². The van der Waals surface area contributed by atoms with Gasteiger partial charge in [-0.2, -0.15) is 0 Å². The summed E-state index contributed by atoms with van der Waals surface area (Å²) in [6.07, 6.45) is 10.3. The second-order valence-corrected chi connectivity index (χ2v) is 8.36. The first-order valence-electron chi connectivity index (χ1n) is 11.8. The van der Waals surface area contributed by atoms with E-state index in [0.29, 0.717) is 5.82 Å². The van der Waals surface area contributed by atoms with E-state index in [4.69, 9.17) is 0 Å². The smallest absolute Gasteiger partial charge is 0.204 e. The van der Waals surface area contributed by atoms with Crippen molar-refractivity contribution >= 4 is 0 Å². The lowest BCUT2D eigenvalue weighted by molar-refractivity contribution is 0.129. The van der Waals surface area contributed by atoms with Gasteiger partial charge in [0.2, 0.25) is 5.82 Å². The largest absolute Gasteiger partial charge is 0.282 e. The van der Waals surface area contributed by atoms with Gasteiger partial charge in [0, 0.05) is 18.7 Å². The van der Waals surface area contributed by atoms with Crippen LogP contribution in [0.1, 0.15) is 79.1 Å². The van der Waals surface area contributed by atoms with E-state index in [-0.39, 0.29) is 0 Å². The summed E-state index contributed by atoms with van der Waals surface area (Å²) in [6.45, 7) is 12.2. The van der Waals surface area contributed by atoms with Crippen molar-refractivity contribution < 1.29 is 0 Å². The molecule has 162 valence electrons. The van der Waals surface area contributed by atoms with E-state index in [1.165, 1.54) is 51.4 Å². The SMILES string of the molecule is CCCCC(CC)CN(CC(CC)CCCC)Cn1nnc(-c2ccccc2)n1. The van der Waals surface area contributed by atoms with Crippen molar-refractivity contribution in [3.05, 3.63) is 30.3 Å². The molecule has 1 aromatic carbocycles. The molecule has 1 heterocycles. The van der Waals surface area contributed by atoms with Crippen LogP contribution in [0, 0.1) is 11.8 Å². The van der Waals surface area contributed by atoms with E-state index in [2.05, 4.69) is 48.0 Å². The first-order chi connectivity index (χ1) is 14.2. The molecule has 29 heavy (non-hydrogen) atoms. The number of benzene rings is 1. The van der Waals surface area contributed by atoms with Crippen LogP contribution in [0.5, 0.6) is 0 Å². The highest BCUT2D eigenvalue weighted by atomic mass is 15.6. The number of aromatic nitrogens is 4. The molecule has 0 aliphatic heterocycles. The fourth-order valence-corrected chi connectivity index (χ4v) is 3.94. The van der Waals surface area contributed by atoms with Gasteiger partial charge < -0.3 is 0 Å². The average molecular weight is 400 g/mol. The van der Waals surface area contributed by atoms with Crippen LogP contribution in [0.4, 0.5) is 0 Å². The van der Waals surface area contributed by atoms with Crippen molar-refractivity contribution in [1.82, 2.24) is 25.1 Å². The van der Waals surface area contributed by atoms with Gasteiger partial charge in [-0.3, -0.25) is 4.90 Å². The molecular formula is C24H41N5. The van der Waals surface area contributed by atoms with E-state index in [9.17, 15) is 0 Å². The molecule has 2 unspecified atom stereocenters. The second kappa shape index (κ2) is 13.5. The summed E-state index contributed by atoms with van der Waals surface area (Å²) < 4.78 is 0. The van der Waals surface area contributed by atoms with Crippen LogP contribution in [-0.4, -0.2) is 38.2 Å². The van der Waals surface area contributed by atoms with Gasteiger partial charge in [-0.05, 0) is 29.9 Å². The van der Waals surface area contributed by atoms with E-state index in [1.54, 1.807) is 4.80 Å². The molecule has 5 heteroatoms. The maximum Gasteiger partial charge on any atom is 0.204 e. The van der Waals surface area contributed by atoms with Crippen molar-refractivity contribution in [2.45, 2.75) is 85.7 Å². The number of rotatable bonds is 15. The number of nitrogens with zero attached hydrogens (tertiary/aromatic N) is 5. The molecule has 2 rings (SSSR count). The summed E-state index contributed by atoms with van der Waals surface area (Å²) in [5.41, 5.74) is 1.02. The van der Waals surface area contributed by atoms with E-state index >= 15 is 0 Å². The zero-order valence-corrected chi connectivity index (χ0v) is 19.1. The predicted molar refractivity (Wildman–Crippen MR) is 121 cm³/mol. The predicted octanol–water partition coefficient (Wildman–Crippen LogP) is 6.03. The third-order valence-electron chi connectivity index (χ3n) is 5.93. The Labute approximate surface area is 177 Å². The summed E-state index contributed by atoms with van der Waals surface area (Å²) >= 11 is 0. The number of hydrogen-bond donors (Lipinski definition) is 0. The Bertz CT molecular complexity index is 636. The number of tetrazole rings is 1. The molecule has 0 N–H and O–H groups in total. The molecular weight excluding hydrogens is 358 g/mol. The zero-order valence-electron chi connectivity index (χ0n) is 19.1. The molecule has 0 amide bonds. The van der Waals surface area contributed by atoms with E-state index in [1.807, 2.05) is 30.3 Å². The van der Waals surface area contributed by atoms with Crippen LogP contribution in [0.2, 0.25) is 0 Å². The molecule has 1 aromatic heterocycles. The van der Waals surface area contributed by atoms with Crippen molar-refractivity contribution in [3.8, 4) is 11.4 Å². The fourth-order valence-electron chi connectivity index (χ4n) is 3.94. The maximum absolute atomic E-state index is 4.66. The van der Waals surface area contributed by atoms with Gasteiger partial charge in [0.25, 0.3) is 0 Å². The Morgan fingerprint density at radius 1 is 0.862 bits per heavy atom. The molecule has 5 nitrogen and oxygen atoms in total. The highest BCUT2D eigenvalue weighted by Crippen LogP contribution is 2.19. The Kier molecular flexibility index (Phi) is 10.9. The number of hydrogen-bond acceptors (Lipinski definition) is 4. The Morgan fingerprint density at radius 3 is 1.97 bits per heavy atom. The van der Waals surface area contributed by atoms with Gasteiger partial charge >= 0.3 is 0 Å². The highest BCUT2D eigenvalue weighted by molar-refractivity contribution is 5.52. The monoisotopic (exact) mass is 399 g/mol. The summed E-state index contributed by atoms with van der Waals surface area (Å²) in [5.74, 6) is 2.20. The van der Waals surface area contributed by atoms with Gasteiger partial charge in [-0.1, -0.05) is 96.6 Å². The van der Waals surface area contributed by atoms with Gasteiger partial charge in [-0.25, -0.2) is 0 Å². The molecule has 0 saturated heterocycles. The standard InChI is InChI=1S/C24H41N5/c1-5-9-14-21(7-3)18-28(19-22(8-4)15-10-6-2)20-29-26-24(25-27-29)23-16-12-11-13-17-23/h11-13,16-17,21-22H,5-10,14-15,18-20H2,1-4H3. The summed E-state index contributed by atoms with van der Waals surface area (Å²) in [6, 6.07) is 10.1. The molecule has 2 aromatic rings. The third kappa shape index (κ3) is 8.25. The second-order valence-electron chi connectivity index (χ2n) is 8.36. The minimum absolute atomic E-state index is 0.710. The summed E-state index contributed by atoms with van der Waals surface area (Å²) in [4.78, 5) is 4.35. The Morgan fingerprint density at radius 2 is 1.45 bits per heavy atom. The van der Waals surface area contributed by atoms with E-state index in [0.717, 1.165) is 37.2 Å². The van der Waals surface area contributed by atoms with Gasteiger partial charge in [0.15, 0.2) is 0 Å². The average Bonchev–Trinajstić information content (AvgIpc) is 3.22. The first kappa shape index (κ1) is 23.5. The lowest BCUT2D eigenvalue weighted by atomic mass is 9.96. The summed E-state index contributed by atoms with van der Waals surface area (Å²) in [5, 5.41) is 13.3. The highest BCUT2D eigenvalue weighted by Gasteiger charge is 2.18. The molecule has 0 fully saturated rings. The minimum atomic E-state index is 0.710. The zero-order chi connectivity index (χ0) is 20.9. The minimum Gasteiger partial charge on any atom is -0.282 e. The Hall–Kier alpha value is -1.75. The molecule has 0 aliphatic rings. The number of unbranched alkanes of at least 4 members (excludes halogenated alkanes) is 2. The van der Waals surface area contributed by atoms with Gasteiger partial charge in [0.1, 0.15) is 6.67 Å².